The fourth-order valence-electron chi connectivity index (χ4n) is 1.27. The average molecular weight is 319 g/mol. The van der Waals surface area contributed by atoms with Gasteiger partial charge in [0, 0.05) is 11.6 Å². The average Bonchev–Trinajstić information content (AvgIpc) is 2.78. The standard InChI is InChI=1S/C9H5BrN4O4.Li/c10-5-2-1-4(3-6(5)14(17)18)7-11-8(9(15)16)13-12-7;/h1-3H,(H,15,16)(H,11,12,13);/q;+1/p-1. The molecule has 0 fully saturated rings. The number of hydrogen-bond donors (Lipinski definition) is 1. The van der Waals surface area contributed by atoms with E-state index in [1.54, 1.807) is 0 Å². The van der Waals surface area contributed by atoms with E-state index in [9.17, 15) is 20.0 Å². The number of H-pyrrole nitrogens is 1. The van der Waals surface area contributed by atoms with Gasteiger partial charge in [-0.2, -0.15) is 5.10 Å². The molecule has 92 valence electrons. The summed E-state index contributed by atoms with van der Waals surface area (Å²) < 4.78 is 0.312. The molecule has 0 aliphatic carbocycles. The maximum absolute atomic E-state index is 10.7. The van der Waals surface area contributed by atoms with Crippen LogP contribution in [0.15, 0.2) is 22.7 Å². The van der Waals surface area contributed by atoms with E-state index in [1.807, 2.05) is 0 Å². The molecule has 2 rings (SSSR count). The van der Waals surface area contributed by atoms with Gasteiger partial charge in [0.05, 0.1) is 9.40 Å². The quantitative estimate of drug-likeness (QED) is 0.379. The van der Waals surface area contributed by atoms with Crippen molar-refractivity contribution in [2.45, 2.75) is 0 Å². The smallest absolute Gasteiger partial charge is 0.542 e. The second-order valence-corrected chi connectivity index (χ2v) is 4.07. The maximum Gasteiger partial charge on any atom is 1.00 e. The van der Waals surface area contributed by atoms with Crippen molar-refractivity contribution in [1.82, 2.24) is 15.2 Å². The number of aromatic nitrogens is 3. The van der Waals surface area contributed by atoms with Gasteiger partial charge in [-0.05, 0) is 28.1 Å². The van der Waals surface area contributed by atoms with E-state index >= 15 is 0 Å². The van der Waals surface area contributed by atoms with Gasteiger partial charge >= 0.3 is 18.9 Å². The van der Waals surface area contributed by atoms with E-state index in [1.165, 1.54) is 18.2 Å². The molecular weight excluding hydrogens is 315 g/mol. The Kier molecular flexibility index (Phi) is 4.82. The van der Waals surface area contributed by atoms with Crippen molar-refractivity contribution >= 4 is 27.6 Å². The van der Waals surface area contributed by atoms with Gasteiger partial charge < -0.3 is 9.90 Å². The zero-order valence-electron chi connectivity index (χ0n) is 9.58. The molecule has 1 aromatic carbocycles. The van der Waals surface area contributed by atoms with Gasteiger partial charge in [0.2, 0.25) is 0 Å². The first-order valence-electron chi connectivity index (χ1n) is 4.57. The van der Waals surface area contributed by atoms with E-state index in [-0.39, 0.29) is 30.4 Å². The monoisotopic (exact) mass is 318 g/mol. The molecule has 0 unspecified atom stereocenters. The molecule has 2 aromatic rings. The Bertz CT molecular complexity index is 645. The molecule has 19 heavy (non-hydrogen) atoms. The number of carboxylic acids is 1. The number of halogens is 1. The zero-order chi connectivity index (χ0) is 13.3. The number of rotatable bonds is 3. The third kappa shape index (κ3) is 3.20. The zero-order valence-corrected chi connectivity index (χ0v) is 11.2. The van der Waals surface area contributed by atoms with Crippen LogP contribution in [-0.4, -0.2) is 26.1 Å². The summed E-state index contributed by atoms with van der Waals surface area (Å²) in [5, 5.41) is 27.1. The van der Waals surface area contributed by atoms with Crippen molar-refractivity contribution in [3.05, 3.63) is 38.6 Å². The number of aromatic carboxylic acids is 1. The minimum atomic E-state index is -1.50. The predicted octanol–water partition coefficient (Wildman–Crippen LogP) is -2.49. The number of benzene rings is 1. The first-order valence-corrected chi connectivity index (χ1v) is 5.36. The molecule has 0 spiro atoms. The minimum Gasteiger partial charge on any atom is -0.542 e. The molecule has 1 aromatic heterocycles. The summed E-state index contributed by atoms with van der Waals surface area (Å²) in [7, 11) is 0. The van der Waals surface area contributed by atoms with Crippen molar-refractivity contribution < 1.29 is 33.7 Å². The van der Waals surface area contributed by atoms with E-state index < -0.39 is 16.7 Å². The predicted molar refractivity (Wildman–Crippen MR) is 60.5 cm³/mol. The van der Waals surface area contributed by atoms with Crippen molar-refractivity contribution in [3.63, 3.8) is 0 Å². The van der Waals surface area contributed by atoms with Crippen LogP contribution in [0.3, 0.4) is 0 Å². The molecule has 0 aliphatic heterocycles. The van der Waals surface area contributed by atoms with Gasteiger partial charge in [-0.15, -0.1) is 0 Å². The SMILES string of the molecule is O=C([O-])c1nc(-c2ccc(Br)c([N+](=O)[O-])c2)n[nH]1.[Li+]. The van der Waals surface area contributed by atoms with Crippen LogP contribution in [0.25, 0.3) is 11.4 Å². The molecule has 0 atom stereocenters. The maximum atomic E-state index is 10.7. The molecule has 0 radical (unpaired) electrons. The summed E-state index contributed by atoms with van der Waals surface area (Å²) in [5.41, 5.74) is 0.168. The Labute approximate surface area is 126 Å². The fourth-order valence-corrected chi connectivity index (χ4v) is 1.67. The number of nitro groups is 1. The molecule has 1 heterocycles. The van der Waals surface area contributed by atoms with Gasteiger partial charge in [-0.3, -0.25) is 15.2 Å². The van der Waals surface area contributed by atoms with E-state index in [0.29, 0.717) is 10.0 Å². The van der Waals surface area contributed by atoms with Crippen LogP contribution >= 0.6 is 15.9 Å². The summed E-state index contributed by atoms with van der Waals surface area (Å²) in [6, 6.07) is 4.23. The number of carboxylic acid groups (broad SMARTS) is 1. The normalized spacial score (nSPS) is 9.74. The number of aromatic amines is 1. The Morgan fingerprint density at radius 2 is 2.11 bits per heavy atom. The Morgan fingerprint density at radius 1 is 1.42 bits per heavy atom. The van der Waals surface area contributed by atoms with Crippen molar-refractivity contribution in [2.75, 3.05) is 0 Å². The van der Waals surface area contributed by atoms with E-state index in [4.69, 9.17) is 0 Å². The molecule has 1 N–H and O–H groups in total. The Hall–Kier alpha value is -1.69. The molecule has 10 heteroatoms. The minimum absolute atomic E-state index is 0. The van der Waals surface area contributed by atoms with Crippen LogP contribution in [0.1, 0.15) is 10.6 Å². The van der Waals surface area contributed by atoms with Crippen LogP contribution in [0.5, 0.6) is 0 Å². The first-order chi connectivity index (χ1) is 8.49. The van der Waals surface area contributed by atoms with Crippen LogP contribution < -0.4 is 24.0 Å². The number of hydrogen-bond acceptors (Lipinski definition) is 6. The largest absolute Gasteiger partial charge is 1.00 e. The second-order valence-electron chi connectivity index (χ2n) is 3.22. The number of carbonyl (C=O) groups excluding carboxylic acids is 1. The topological polar surface area (TPSA) is 125 Å². The van der Waals surface area contributed by atoms with Crippen molar-refractivity contribution in [3.8, 4) is 11.4 Å². The van der Waals surface area contributed by atoms with Crippen LogP contribution in [0.2, 0.25) is 0 Å². The van der Waals surface area contributed by atoms with E-state index in [0.717, 1.165) is 0 Å². The molecule has 8 nitrogen and oxygen atoms in total. The molecule has 0 amide bonds. The number of nitrogens with one attached hydrogen (secondary N) is 1. The summed E-state index contributed by atoms with van der Waals surface area (Å²) in [6.07, 6.45) is 0. The Morgan fingerprint density at radius 3 is 2.63 bits per heavy atom. The number of carbonyl (C=O) groups is 1. The van der Waals surface area contributed by atoms with Crippen LogP contribution in [0.4, 0.5) is 5.69 Å². The van der Waals surface area contributed by atoms with Crippen molar-refractivity contribution in [1.29, 1.82) is 0 Å². The molecule has 0 saturated heterocycles. The van der Waals surface area contributed by atoms with Crippen LogP contribution in [0, 0.1) is 10.1 Å². The third-order valence-electron chi connectivity index (χ3n) is 2.08. The number of nitro benzene ring substituents is 1. The Balaban J connectivity index is 0.00000180. The summed E-state index contributed by atoms with van der Waals surface area (Å²) in [5.74, 6) is -1.89. The summed E-state index contributed by atoms with van der Waals surface area (Å²) in [4.78, 5) is 24.3. The van der Waals surface area contributed by atoms with Gasteiger partial charge in [-0.1, -0.05) is 0 Å². The number of nitrogens with zero attached hydrogens (tertiary/aromatic N) is 3. The third-order valence-corrected chi connectivity index (χ3v) is 2.75. The molecule has 0 aliphatic rings. The van der Waals surface area contributed by atoms with Gasteiger partial charge in [0.15, 0.2) is 11.6 Å². The summed E-state index contributed by atoms with van der Waals surface area (Å²) in [6.45, 7) is 0. The first kappa shape index (κ1) is 15.4. The van der Waals surface area contributed by atoms with E-state index in [2.05, 4.69) is 31.1 Å². The van der Waals surface area contributed by atoms with Crippen LogP contribution in [-0.2, 0) is 0 Å². The summed E-state index contributed by atoms with van der Waals surface area (Å²) >= 11 is 3.04. The van der Waals surface area contributed by atoms with Crippen molar-refractivity contribution in [2.24, 2.45) is 0 Å². The van der Waals surface area contributed by atoms with Gasteiger partial charge in [-0.25, -0.2) is 4.98 Å². The second kappa shape index (κ2) is 5.97. The molecule has 0 bridgehead atoms. The molecule has 0 saturated carbocycles. The van der Waals surface area contributed by atoms with Gasteiger partial charge in [0.25, 0.3) is 5.69 Å². The molecular formula is C9H4BrLiN4O4. The fraction of sp³-hybridized carbons (Fsp3) is 0. The van der Waals surface area contributed by atoms with Gasteiger partial charge in [0.1, 0.15) is 5.97 Å².